The highest BCUT2D eigenvalue weighted by atomic mass is 35.5. The fourth-order valence-electron chi connectivity index (χ4n) is 2.15. The molecule has 0 aromatic heterocycles. The average Bonchev–Trinajstić information content (AvgIpc) is 2.47. The second kappa shape index (κ2) is 6.78. The van der Waals surface area contributed by atoms with Gasteiger partial charge in [-0.05, 0) is 18.2 Å². The predicted molar refractivity (Wildman–Crippen MR) is 75.4 cm³/mol. The van der Waals surface area contributed by atoms with Crippen molar-refractivity contribution in [2.24, 2.45) is 0 Å². The first kappa shape index (κ1) is 15.6. The number of aromatic hydroxyl groups is 1. The van der Waals surface area contributed by atoms with Crippen molar-refractivity contribution in [2.45, 2.75) is 12.5 Å². The van der Waals surface area contributed by atoms with Gasteiger partial charge < -0.3 is 19.5 Å². The van der Waals surface area contributed by atoms with Crippen LogP contribution in [0.3, 0.4) is 0 Å². The van der Waals surface area contributed by atoms with Gasteiger partial charge in [0.2, 0.25) is 0 Å². The molecule has 1 saturated heterocycles. The number of halogens is 1. The fourth-order valence-corrected chi connectivity index (χ4v) is 2.32. The van der Waals surface area contributed by atoms with Gasteiger partial charge >= 0.3 is 5.97 Å². The lowest BCUT2D eigenvalue weighted by molar-refractivity contribution is -0.145. The maximum absolute atomic E-state index is 12.4. The van der Waals surface area contributed by atoms with E-state index in [0.717, 1.165) is 0 Å². The molecule has 1 atom stereocenters. The van der Waals surface area contributed by atoms with E-state index in [0.29, 0.717) is 18.2 Å². The van der Waals surface area contributed by atoms with Crippen molar-refractivity contribution >= 4 is 23.5 Å². The molecular formula is C14H16ClNO5. The molecule has 1 aliphatic rings. The molecule has 114 valence electrons. The van der Waals surface area contributed by atoms with Gasteiger partial charge in [0.05, 0.1) is 31.8 Å². The number of hydrogen-bond acceptors (Lipinski definition) is 5. The van der Waals surface area contributed by atoms with E-state index in [2.05, 4.69) is 4.74 Å². The van der Waals surface area contributed by atoms with Crippen molar-refractivity contribution in [3.63, 3.8) is 0 Å². The van der Waals surface area contributed by atoms with E-state index in [4.69, 9.17) is 16.3 Å². The Bertz CT molecular complexity index is 548. The van der Waals surface area contributed by atoms with Gasteiger partial charge in [0, 0.05) is 18.1 Å². The summed E-state index contributed by atoms with van der Waals surface area (Å²) in [4.78, 5) is 25.2. The maximum Gasteiger partial charge on any atom is 0.308 e. The molecule has 0 saturated carbocycles. The first-order chi connectivity index (χ1) is 10.0. The summed E-state index contributed by atoms with van der Waals surface area (Å²) in [5.74, 6) is -0.866. The molecule has 21 heavy (non-hydrogen) atoms. The Balaban J connectivity index is 2.06. The Hall–Kier alpha value is -1.79. The quantitative estimate of drug-likeness (QED) is 0.855. The standard InChI is InChI=1S/C14H16ClNO5/c1-20-13(18)7-10-8-16(4-5-21-10)14(19)11-3-2-9(15)6-12(11)17/h2-3,6,10,17H,4-5,7-8H2,1H3. The zero-order chi connectivity index (χ0) is 15.4. The number of carbonyl (C=O) groups is 2. The zero-order valence-electron chi connectivity index (χ0n) is 11.5. The van der Waals surface area contributed by atoms with E-state index >= 15 is 0 Å². The molecule has 2 rings (SSSR count). The summed E-state index contributed by atoms with van der Waals surface area (Å²) in [6.07, 6.45) is -0.308. The molecule has 1 aliphatic heterocycles. The molecule has 6 nitrogen and oxygen atoms in total. The summed E-state index contributed by atoms with van der Waals surface area (Å²) in [5.41, 5.74) is 0.179. The Morgan fingerprint density at radius 3 is 2.95 bits per heavy atom. The van der Waals surface area contributed by atoms with Crippen molar-refractivity contribution in [3.05, 3.63) is 28.8 Å². The summed E-state index contributed by atoms with van der Waals surface area (Å²) in [6, 6.07) is 4.34. The number of morpholine rings is 1. The van der Waals surface area contributed by atoms with Gasteiger partial charge in [-0.2, -0.15) is 0 Å². The van der Waals surface area contributed by atoms with E-state index in [1.54, 1.807) is 11.0 Å². The molecule has 1 N–H and O–H groups in total. The summed E-state index contributed by atoms with van der Waals surface area (Å²) in [5, 5.41) is 10.2. The number of nitrogens with zero attached hydrogens (tertiary/aromatic N) is 1. The van der Waals surface area contributed by atoms with Crippen LogP contribution in [0.1, 0.15) is 16.8 Å². The molecule has 1 aromatic carbocycles. The minimum absolute atomic E-state index is 0.0902. The molecule has 1 unspecified atom stereocenters. The number of ether oxygens (including phenoxy) is 2. The summed E-state index contributed by atoms with van der Waals surface area (Å²) in [7, 11) is 1.31. The third-order valence-electron chi connectivity index (χ3n) is 3.24. The molecular weight excluding hydrogens is 298 g/mol. The molecule has 0 radical (unpaired) electrons. The van der Waals surface area contributed by atoms with Gasteiger partial charge in [0.1, 0.15) is 5.75 Å². The zero-order valence-corrected chi connectivity index (χ0v) is 12.3. The Kier molecular flexibility index (Phi) is 5.03. The highest BCUT2D eigenvalue weighted by Gasteiger charge is 2.28. The molecule has 1 heterocycles. The van der Waals surface area contributed by atoms with E-state index < -0.39 is 6.10 Å². The monoisotopic (exact) mass is 313 g/mol. The van der Waals surface area contributed by atoms with Crippen molar-refractivity contribution in [1.82, 2.24) is 4.90 Å². The normalized spacial score (nSPS) is 18.4. The van der Waals surface area contributed by atoms with Crippen LogP contribution in [0.25, 0.3) is 0 Å². The van der Waals surface area contributed by atoms with E-state index in [-0.39, 0.29) is 36.2 Å². The van der Waals surface area contributed by atoms with E-state index in [1.165, 1.54) is 19.2 Å². The topological polar surface area (TPSA) is 76.1 Å². The number of methoxy groups -OCH3 is 1. The third kappa shape index (κ3) is 3.86. The number of hydrogen-bond donors (Lipinski definition) is 1. The minimum atomic E-state index is -0.399. The molecule has 1 amide bonds. The van der Waals surface area contributed by atoms with Gasteiger partial charge in [0.15, 0.2) is 0 Å². The number of carbonyl (C=O) groups excluding carboxylic acids is 2. The molecule has 1 fully saturated rings. The maximum atomic E-state index is 12.4. The summed E-state index contributed by atoms with van der Waals surface area (Å²) in [6.45, 7) is 1.01. The van der Waals surface area contributed by atoms with Crippen LogP contribution in [0.4, 0.5) is 0 Å². The SMILES string of the molecule is COC(=O)CC1CN(C(=O)c2ccc(Cl)cc2O)CCO1. The van der Waals surface area contributed by atoms with E-state index in [1.807, 2.05) is 0 Å². The lowest BCUT2D eigenvalue weighted by Crippen LogP contribution is -2.46. The fraction of sp³-hybridized carbons (Fsp3) is 0.429. The number of benzene rings is 1. The van der Waals surface area contributed by atoms with Crippen molar-refractivity contribution in [3.8, 4) is 5.75 Å². The summed E-state index contributed by atoms with van der Waals surface area (Å²) < 4.78 is 10.0. The van der Waals surface area contributed by atoms with Crippen molar-refractivity contribution < 1.29 is 24.2 Å². The van der Waals surface area contributed by atoms with Crippen molar-refractivity contribution in [1.29, 1.82) is 0 Å². The smallest absolute Gasteiger partial charge is 0.308 e. The van der Waals surface area contributed by atoms with E-state index in [9.17, 15) is 14.7 Å². The van der Waals surface area contributed by atoms with Gasteiger partial charge in [-0.25, -0.2) is 0 Å². The number of phenolic OH excluding ortho intramolecular Hbond substituents is 1. The van der Waals surface area contributed by atoms with Crippen LogP contribution in [-0.4, -0.2) is 54.8 Å². The molecule has 0 aliphatic carbocycles. The Labute approximate surface area is 127 Å². The van der Waals surface area contributed by atoms with Crippen LogP contribution in [-0.2, 0) is 14.3 Å². The molecule has 1 aromatic rings. The van der Waals surface area contributed by atoms with Crippen molar-refractivity contribution in [2.75, 3.05) is 26.8 Å². The highest BCUT2D eigenvalue weighted by molar-refractivity contribution is 6.30. The number of esters is 1. The highest BCUT2D eigenvalue weighted by Crippen LogP contribution is 2.24. The van der Waals surface area contributed by atoms with Gasteiger partial charge in [-0.15, -0.1) is 0 Å². The largest absolute Gasteiger partial charge is 0.507 e. The lowest BCUT2D eigenvalue weighted by Gasteiger charge is -2.32. The Morgan fingerprint density at radius 2 is 2.29 bits per heavy atom. The minimum Gasteiger partial charge on any atom is -0.507 e. The Morgan fingerprint density at radius 1 is 1.52 bits per heavy atom. The van der Waals surface area contributed by atoms with Crippen LogP contribution in [0.5, 0.6) is 5.75 Å². The molecule has 7 heteroatoms. The summed E-state index contributed by atoms with van der Waals surface area (Å²) >= 11 is 5.75. The third-order valence-corrected chi connectivity index (χ3v) is 3.47. The molecule has 0 bridgehead atoms. The van der Waals surface area contributed by atoms with Gasteiger partial charge in [-0.1, -0.05) is 11.6 Å². The van der Waals surface area contributed by atoms with Gasteiger partial charge in [0.25, 0.3) is 5.91 Å². The first-order valence-electron chi connectivity index (χ1n) is 6.47. The average molecular weight is 314 g/mol. The molecule has 0 spiro atoms. The van der Waals surface area contributed by atoms with Crippen LogP contribution in [0.15, 0.2) is 18.2 Å². The second-order valence-electron chi connectivity index (χ2n) is 4.69. The number of phenols is 1. The first-order valence-corrected chi connectivity index (χ1v) is 6.85. The number of rotatable bonds is 3. The number of amides is 1. The van der Waals surface area contributed by atoms with Crippen LogP contribution in [0, 0.1) is 0 Å². The second-order valence-corrected chi connectivity index (χ2v) is 5.12. The lowest BCUT2D eigenvalue weighted by atomic mass is 10.1. The predicted octanol–water partition coefficient (Wildman–Crippen LogP) is 1.45. The van der Waals surface area contributed by atoms with Crippen LogP contribution >= 0.6 is 11.6 Å². The van der Waals surface area contributed by atoms with Gasteiger partial charge in [-0.3, -0.25) is 9.59 Å². The van der Waals surface area contributed by atoms with Crippen LogP contribution < -0.4 is 0 Å². The van der Waals surface area contributed by atoms with Crippen LogP contribution in [0.2, 0.25) is 5.02 Å².